The molecule has 0 aromatic carbocycles. The van der Waals surface area contributed by atoms with Crippen LogP contribution in [0.25, 0.3) is 0 Å². The number of hydrogen-bond acceptors (Lipinski definition) is 3. The Morgan fingerprint density at radius 1 is 1.45 bits per heavy atom. The quantitative estimate of drug-likeness (QED) is 0.908. The van der Waals surface area contributed by atoms with E-state index in [1.54, 1.807) is 12.3 Å². The lowest BCUT2D eigenvalue weighted by Crippen LogP contribution is -2.18. The van der Waals surface area contributed by atoms with E-state index in [1.807, 2.05) is 6.07 Å². The zero-order valence-corrected chi connectivity index (χ0v) is 11.8. The Morgan fingerprint density at radius 2 is 2.30 bits per heavy atom. The molecule has 2 heterocycles. The minimum atomic E-state index is 0.319. The number of nitrogens with zero attached hydrogens (tertiary/aromatic N) is 3. The number of nitrogens with one attached hydrogen (secondary N) is 1. The number of hydrogen-bond donors (Lipinski definition) is 1. The Morgan fingerprint density at radius 3 is 3.00 bits per heavy atom. The van der Waals surface area contributed by atoms with Gasteiger partial charge < -0.3 is 9.88 Å². The van der Waals surface area contributed by atoms with Crippen LogP contribution in [0.15, 0.2) is 24.4 Å². The molecule has 4 nitrogen and oxygen atoms in total. The third-order valence-corrected chi connectivity index (χ3v) is 4.13. The van der Waals surface area contributed by atoms with Crippen molar-refractivity contribution in [1.82, 2.24) is 9.55 Å². The van der Waals surface area contributed by atoms with Crippen molar-refractivity contribution in [2.24, 2.45) is 7.05 Å². The Labute approximate surface area is 119 Å². The first-order valence-corrected chi connectivity index (χ1v) is 6.97. The molecule has 1 aliphatic rings. The molecular weight excluding hydrogens is 248 g/mol. The average molecular weight is 266 g/mol. The second-order valence-corrected chi connectivity index (χ2v) is 5.38. The molecule has 0 fully saturated rings. The predicted molar refractivity (Wildman–Crippen MR) is 78.4 cm³/mol. The molecule has 1 N–H and O–H groups in total. The van der Waals surface area contributed by atoms with Crippen LogP contribution in [-0.2, 0) is 13.5 Å². The van der Waals surface area contributed by atoms with E-state index in [9.17, 15) is 0 Å². The van der Waals surface area contributed by atoms with Crippen molar-refractivity contribution in [3.8, 4) is 6.07 Å². The lowest BCUT2D eigenvalue weighted by Gasteiger charge is -2.25. The number of aromatic nitrogens is 2. The van der Waals surface area contributed by atoms with Crippen LogP contribution in [0.5, 0.6) is 0 Å². The van der Waals surface area contributed by atoms with Crippen LogP contribution in [0.3, 0.4) is 0 Å². The lowest BCUT2D eigenvalue weighted by atomic mass is 9.92. The van der Waals surface area contributed by atoms with Crippen LogP contribution >= 0.6 is 0 Å². The van der Waals surface area contributed by atoms with Crippen LogP contribution < -0.4 is 5.32 Å². The highest BCUT2D eigenvalue weighted by atomic mass is 15.0. The maximum absolute atomic E-state index is 8.80. The van der Waals surface area contributed by atoms with Gasteiger partial charge in [-0.3, -0.25) is 0 Å². The maximum Gasteiger partial charge on any atom is 0.126 e. The Balaban J connectivity index is 1.85. The van der Waals surface area contributed by atoms with E-state index in [2.05, 4.69) is 41.0 Å². The fourth-order valence-corrected chi connectivity index (χ4v) is 2.93. The number of pyridine rings is 1. The Kier molecular flexibility index (Phi) is 3.19. The van der Waals surface area contributed by atoms with Crippen molar-refractivity contribution in [2.75, 3.05) is 5.32 Å². The zero-order chi connectivity index (χ0) is 14.1. The van der Waals surface area contributed by atoms with Gasteiger partial charge in [-0.05, 0) is 49.9 Å². The first-order chi connectivity index (χ1) is 9.69. The summed E-state index contributed by atoms with van der Waals surface area (Å²) in [6.07, 6.45) is 5.08. The maximum atomic E-state index is 8.80. The number of anilines is 1. The van der Waals surface area contributed by atoms with Gasteiger partial charge >= 0.3 is 0 Å². The van der Waals surface area contributed by atoms with Crippen molar-refractivity contribution in [2.45, 2.75) is 32.2 Å². The topological polar surface area (TPSA) is 53.6 Å². The summed E-state index contributed by atoms with van der Waals surface area (Å²) in [7, 11) is 2.14. The number of aryl methyl sites for hydroxylation is 1. The van der Waals surface area contributed by atoms with Crippen molar-refractivity contribution in [3.63, 3.8) is 0 Å². The molecule has 3 rings (SSSR count). The molecule has 1 atom stereocenters. The van der Waals surface area contributed by atoms with E-state index in [4.69, 9.17) is 5.26 Å². The third kappa shape index (κ3) is 2.16. The van der Waals surface area contributed by atoms with Crippen LogP contribution in [0.4, 0.5) is 5.82 Å². The Hall–Kier alpha value is -2.28. The monoisotopic (exact) mass is 266 g/mol. The van der Waals surface area contributed by atoms with E-state index in [-0.39, 0.29) is 0 Å². The standard InChI is InChI=1S/C16H18N4/c1-11-8-13-14(4-3-5-15(13)20(11)2)19-16-7-6-12(9-17)10-18-16/h6-8,10,14H,3-5H2,1-2H3,(H,18,19). The van der Waals surface area contributed by atoms with Gasteiger partial charge in [-0.1, -0.05) is 0 Å². The molecule has 0 radical (unpaired) electrons. The van der Waals surface area contributed by atoms with Gasteiger partial charge in [0.2, 0.25) is 0 Å². The van der Waals surface area contributed by atoms with Crippen molar-refractivity contribution < 1.29 is 0 Å². The highest BCUT2D eigenvalue weighted by Crippen LogP contribution is 2.33. The average Bonchev–Trinajstić information content (AvgIpc) is 2.77. The second kappa shape index (κ2) is 5.01. The summed E-state index contributed by atoms with van der Waals surface area (Å²) in [5.74, 6) is 0.836. The van der Waals surface area contributed by atoms with Gasteiger partial charge in [-0.15, -0.1) is 0 Å². The van der Waals surface area contributed by atoms with Gasteiger partial charge in [0.25, 0.3) is 0 Å². The first kappa shape index (κ1) is 12.7. The van der Waals surface area contributed by atoms with Gasteiger partial charge in [0.1, 0.15) is 11.9 Å². The summed E-state index contributed by atoms with van der Waals surface area (Å²) in [6, 6.07) is 8.36. The smallest absolute Gasteiger partial charge is 0.126 e. The molecule has 1 unspecified atom stereocenters. The van der Waals surface area contributed by atoms with E-state index in [0.29, 0.717) is 11.6 Å². The molecule has 0 spiro atoms. The van der Waals surface area contributed by atoms with E-state index in [1.165, 1.54) is 23.4 Å². The summed E-state index contributed by atoms with van der Waals surface area (Å²) >= 11 is 0. The highest BCUT2D eigenvalue weighted by Gasteiger charge is 2.23. The van der Waals surface area contributed by atoms with Gasteiger partial charge in [-0.2, -0.15) is 5.26 Å². The molecular formula is C16H18N4. The molecule has 102 valence electrons. The lowest BCUT2D eigenvalue weighted by molar-refractivity contribution is 0.577. The summed E-state index contributed by atoms with van der Waals surface area (Å²) in [5, 5.41) is 12.3. The van der Waals surface area contributed by atoms with Crippen LogP contribution in [0.2, 0.25) is 0 Å². The van der Waals surface area contributed by atoms with E-state index < -0.39 is 0 Å². The number of rotatable bonds is 2. The minimum absolute atomic E-state index is 0.319. The third-order valence-electron chi connectivity index (χ3n) is 4.13. The molecule has 0 aliphatic heterocycles. The molecule has 4 heteroatoms. The van der Waals surface area contributed by atoms with Crippen LogP contribution in [0.1, 0.15) is 41.4 Å². The van der Waals surface area contributed by atoms with E-state index >= 15 is 0 Å². The summed E-state index contributed by atoms with van der Waals surface area (Å²) in [5.41, 5.74) is 4.72. The Bertz CT molecular complexity index is 661. The SMILES string of the molecule is Cc1cc2c(n1C)CCCC2Nc1ccc(C#N)cn1. The summed E-state index contributed by atoms with van der Waals surface area (Å²) in [6.45, 7) is 2.15. The highest BCUT2D eigenvalue weighted by molar-refractivity contribution is 5.44. The van der Waals surface area contributed by atoms with Crippen LogP contribution in [0, 0.1) is 18.3 Å². The fourth-order valence-electron chi connectivity index (χ4n) is 2.93. The van der Waals surface area contributed by atoms with Gasteiger partial charge in [0.15, 0.2) is 0 Å². The molecule has 2 aromatic rings. The molecule has 0 amide bonds. The largest absolute Gasteiger partial charge is 0.363 e. The summed E-state index contributed by atoms with van der Waals surface area (Å²) in [4.78, 5) is 4.31. The van der Waals surface area contributed by atoms with Gasteiger partial charge in [0, 0.05) is 24.6 Å². The molecule has 0 bridgehead atoms. The van der Waals surface area contributed by atoms with Crippen molar-refractivity contribution in [3.05, 3.63) is 46.9 Å². The molecule has 0 saturated carbocycles. The molecule has 2 aromatic heterocycles. The van der Waals surface area contributed by atoms with Crippen molar-refractivity contribution >= 4 is 5.82 Å². The van der Waals surface area contributed by atoms with E-state index in [0.717, 1.165) is 18.7 Å². The summed E-state index contributed by atoms with van der Waals surface area (Å²) < 4.78 is 2.29. The fraction of sp³-hybridized carbons (Fsp3) is 0.375. The van der Waals surface area contributed by atoms with Gasteiger partial charge in [0.05, 0.1) is 11.6 Å². The second-order valence-electron chi connectivity index (χ2n) is 5.38. The van der Waals surface area contributed by atoms with Crippen LogP contribution in [-0.4, -0.2) is 9.55 Å². The first-order valence-electron chi connectivity index (χ1n) is 6.97. The van der Waals surface area contributed by atoms with Gasteiger partial charge in [-0.25, -0.2) is 4.98 Å². The molecule has 0 saturated heterocycles. The molecule has 1 aliphatic carbocycles. The minimum Gasteiger partial charge on any atom is -0.363 e. The molecule has 20 heavy (non-hydrogen) atoms. The van der Waals surface area contributed by atoms with Crippen molar-refractivity contribution in [1.29, 1.82) is 5.26 Å². The predicted octanol–water partition coefficient (Wildman–Crippen LogP) is 3.09. The number of nitriles is 1. The number of fused-ring (bicyclic) bond motifs is 1. The normalized spacial score (nSPS) is 17.4. The zero-order valence-electron chi connectivity index (χ0n) is 11.8.